The molecule has 0 aliphatic carbocycles. The Hall–Kier alpha value is -2.04. The summed E-state index contributed by atoms with van der Waals surface area (Å²) >= 11 is 0. The molecule has 1 aliphatic heterocycles. The number of carbonyl (C=O) groups excluding carboxylic acids is 2. The van der Waals surface area contributed by atoms with Crippen molar-refractivity contribution >= 4 is 12.0 Å². The zero-order valence-corrected chi connectivity index (χ0v) is 13.1. The topological polar surface area (TPSA) is 58.6 Å². The number of nitrogens with one attached hydrogen (secondary N) is 1. The lowest BCUT2D eigenvalue weighted by Gasteiger charge is -2.31. The van der Waals surface area contributed by atoms with E-state index in [1.807, 2.05) is 18.2 Å². The maximum absolute atomic E-state index is 12.2. The molecule has 1 heterocycles. The molecule has 1 atom stereocenters. The molecular formula is C17H24N2O3. The molecule has 0 spiro atoms. The van der Waals surface area contributed by atoms with E-state index in [1.165, 1.54) is 5.56 Å². The van der Waals surface area contributed by atoms with E-state index in [2.05, 4.69) is 17.4 Å². The van der Waals surface area contributed by atoms with E-state index in [0.717, 1.165) is 19.3 Å². The second kappa shape index (κ2) is 8.41. The number of hydrogen-bond donors (Lipinski definition) is 1. The highest BCUT2D eigenvalue weighted by molar-refractivity contribution is 5.80. The van der Waals surface area contributed by atoms with Crippen molar-refractivity contribution in [2.45, 2.75) is 26.2 Å². The maximum atomic E-state index is 12.2. The summed E-state index contributed by atoms with van der Waals surface area (Å²) < 4.78 is 5.00. The van der Waals surface area contributed by atoms with Crippen LogP contribution in [-0.4, -0.2) is 43.1 Å². The minimum Gasteiger partial charge on any atom is -0.450 e. The van der Waals surface area contributed by atoms with Crippen molar-refractivity contribution in [1.29, 1.82) is 0 Å². The highest BCUT2D eigenvalue weighted by atomic mass is 16.6. The first-order valence-electron chi connectivity index (χ1n) is 7.94. The molecule has 0 aromatic heterocycles. The lowest BCUT2D eigenvalue weighted by atomic mass is 9.97. The Kier molecular flexibility index (Phi) is 6.25. The van der Waals surface area contributed by atoms with Crippen LogP contribution in [0.25, 0.3) is 0 Å². The van der Waals surface area contributed by atoms with E-state index < -0.39 is 0 Å². The summed E-state index contributed by atoms with van der Waals surface area (Å²) in [6, 6.07) is 10.1. The third-order valence-corrected chi connectivity index (χ3v) is 3.87. The molecule has 120 valence electrons. The number of benzene rings is 1. The summed E-state index contributed by atoms with van der Waals surface area (Å²) in [5.41, 5.74) is 1.21. The first-order valence-corrected chi connectivity index (χ1v) is 7.94. The van der Waals surface area contributed by atoms with Gasteiger partial charge in [0, 0.05) is 19.6 Å². The number of ether oxygens (including phenoxy) is 1. The predicted molar refractivity (Wildman–Crippen MR) is 84.5 cm³/mol. The van der Waals surface area contributed by atoms with E-state index in [-0.39, 0.29) is 17.9 Å². The highest BCUT2D eigenvalue weighted by Crippen LogP contribution is 2.17. The van der Waals surface area contributed by atoms with Gasteiger partial charge < -0.3 is 15.0 Å². The van der Waals surface area contributed by atoms with Crippen LogP contribution in [0.4, 0.5) is 4.79 Å². The van der Waals surface area contributed by atoms with Gasteiger partial charge in [0.15, 0.2) is 0 Å². The standard InChI is InChI=1S/C17H24N2O3/c1-2-22-17(21)19-12-6-9-15(13-19)16(20)18-11-10-14-7-4-3-5-8-14/h3-5,7-8,15H,2,6,9-13H2,1H3,(H,18,20). The van der Waals surface area contributed by atoms with Gasteiger partial charge in [-0.25, -0.2) is 4.79 Å². The molecule has 2 rings (SSSR count). The average molecular weight is 304 g/mol. The van der Waals surface area contributed by atoms with Crippen LogP contribution >= 0.6 is 0 Å². The summed E-state index contributed by atoms with van der Waals surface area (Å²) in [7, 11) is 0. The lowest BCUT2D eigenvalue weighted by Crippen LogP contribution is -2.45. The number of amides is 2. The molecule has 5 nitrogen and oxygen atoms in total. The quantitative estimate of drug-likeness (QED) is 0.907. The Morgan fingerprint density at radius 1 is 1.32 bits per heavy atom. The molecule has 1 aromatic carbocycles. The van der Waals surface area contributed by atoms with Crippen molar-refractivity contribution in [3.8, 4) is 0 Å². The fourth-order valence-corrected chi connectivity index (χ4v) is 2.69. The molecule has 2 amide bonds. The number of nitrogens with zero attached hydrogens (tertiary/aromatic N) is 1. The molecule has 0 bridgehead atoms. The fraction of sp³-hybridized carbons (Fsp3) is 0.529. The third-order valence-electron chi connectivity index (χ3n) is 3.87. The normalized spacial score (nSPS) is 17.9. The van der Waals surface area contributed by atoms with Crippen LogP contribution in [0.15, 0.2) is 30.3 Å². The lowest BCUT2D eigenvalue weighted by molar-refractivity contribution is -0.126. The number of hydrogen-bond acceptors (Lipinski definition) is 3. The van der Waals surface area contributed by atoms with Gasteiger partial charge in [-0.1, -0.05) is 30.3 Å². The van der Waals surface area contributed by atoms with Gasteiger partial charge in [-0.2, -0.15) is 0 Å². The smallest absolute Gasteiger partial charge is 0.409 e. The molecule has 1 unspecified atom stereocenters. The Morgan fingerprint density at radius 3 is 2.82 bits per heavy atom. The van der Waals surface area contributed by atoms with Crippen molar-refractivity contribution in [2.24, 2.45) is 5.92 Å². The van der Waals surface area contributed by atoms with Gasteiger partial charge in [-0.15, -0.1) is 0 Å². The largest absolute Gasteiger partial charge is 0.450 e. The molecule has 0 radical (unpaired) electrons. The summed E-state index contributed by atoms with van der Waals surface area (Å²) in [6.07, 6.45) is 2.17. The van der Waals surface area contributed by atoms with Crippen LogP contribution in [0, 0.1) is 5.92 Å². The zero-order chi connectivity index (χ0) is 15.8. The molecule has 0 saturated carbocycles. The first-order chi connectivity index (χ1) is 10.7. The number of likely N-dealkylation sites (tertiary alicyclic amines) is 1. The van der Waals surface area contributed by atoms with Crippen molar-refractivity contribution in [2.75, 3.05) is 26.2 Å². The minimum absolute atomic E-state index is 0.0323. The average Bonchev–Trinajstić information content (AvgIpc) is 2.56. The van der Waals surface area contributed by atoms with Gasteiger partial charge in [-0.3, -0.25) is 4.79 Å². The third kappa shape index (κ3) is 4.76. The molecule has 1 fully saturated rings. The predicted octanol–water partition coefficient (Wildman–Crippen LogP) is 2.21. The fourth-order valence-electron chi connectivity index (χ4n) is 2.69. The second-order valence-corrected chi connectivity index (χ2v) is 5.51. The summed E-state index contributed by atoms with van der Waals surface area (Å²) in [4.78, 5) is 25.6. The molecule has 1 aromatic rings. The van der Waals surface area contributed by atoms with Crippen LogP contribution in [0.1, 0.15) is 25.3 Å². The Labute approximate surface area is 131 Å². The molecule has 5 heteroatoms. The number of piperidine rings is 1. The first kappa shape index (κ1) is 16.3. The Morgan fingerprint density at radius 2 is 2.09 bits per heavy atom. The van der Waals surface area contributed by atoms with E-state index in [1.54, 1.807) is 11.8 Å². The van der Waals surface area contributed by atoms with Gasteiger partial charge in [0.2, 0.25) is 5.91 Å². The van der Waals surface area contributed by atoms with Gasteiger partial charge in [0.1, 0.15) is 0 Å². The van der Waals surface area contributed by atoms with Crippen molar-refractivity contribution in [3.63, 3.8) is 0 Å². The summed E-state index contributed by atoms with van der Waals surface area (Å²) in [6.45, 7) is 3.90. The summed E-state index contributed by atoms with van der Waals surface area (Å²) in [5, 5.41) is 2.97. The van der Waals surface area contributed by atoms with Gasteiger partial charge in [0.25, 0.3) is 0 Å². The zero-order valence-electron chi connectivity index (χ0n) is 13.1. The molecule has 22 heavy (non-hydrogen) atoms. The number of rotatable bonds is 5. The van der Waals surface area contributed by atoms with Crippen LogP contribution < -0.4 is 5.32 Å². The highest BCUT2D eigenvalue weighted by Gasteiger charge is 2.28. The van der Waals surface area contributed by atoms with Crippen molar-refractivity contribution in [3.05, 3.63) is 35.9 Å². The summed E-state index contributed by atoms with van der Waals surface area (Å²) in [5.74, 6) is -0.0983. The van der Waals surface area contributed by atoms with E-state index >= 15 is 0 Å². The molecule has 1 aliphatic rings. The molecule has 1 saturated heterocycles. The Balaban J connectivity index is 1.75. The molecular weight excluding hydrogens is 280 g/mol. The number of carbonyl (C=O) groups is 2. The Bertz CT molecular complexity index is 490. The van der Waals surface area contributed by atoms with E-state index in [4.69, 9.17) is 4.74 Å². The van der Waals surface area contributed by atoms with Crippen LogP contribution in [-0.2, 0) is 16.0 Å². The maximum Gasteiger partial charge on any atom is 0.409 e. The van der Waals surface area contributed by atoms with Gasteiger partial charge in [-0.05, 0) is 31.7 Å². The van der Waals surface area contributed by atoms with Crippen molar-refractivity contribution in [1.82, 2.24) is 10.2 Å². The SMILES string of the molecule is CCOC(=O)N1CCCC(C(=O)NCCc2ccccc2)C1. The second-order valence-electron chi connectivity index (χ2n) is 5.51. The van der Waals surface area contributed by atoms with Gasteiger partial charge >= 0.3 is 6.09 Å². The molecule has 1 N–H and O–H groups in total. The van der Waals surface area contributed by atoms with Crippen LogP contribution in [0.5, 0.6) is 0 Å². The van der Waals surface area contributed by atoms with Gasteiger partial charge in [0.05, 0.1) is 12.5 Å². The van der Waals surface area contributed by atoms with Crippen LogP contribution in [0.3, 0.4) is 0 Å². The van der Waals surface area contributed by atoms with Crippen molar-refractivity contribution < 1.29 is 14.3 Å². The van der Waals surface area contributed by atoms with Crippen LogP contribution in [0.2, 0.25) is 0 Å². The van der Waals surface area contributed by atoms with E-state index in [0.29, 0.717) is 26.2 Å². The monoisotopic (exact) mass is 304 g/mol. The van der Waals surface area contributed by atoms with E-state index in [9.17, 15) is 9.59 Å². The minimum atomic E-state index is -0.315.